The van der Waals surface area contributed by atoms with Crippen molar-refractivity contribution >= 4 is 17.4 Å². The van der Waals surface area contributed by atoms with Gasteiger partial charge in [0.2, 0.25) is 5.91 Å². The molecule has 0 radical (unpaired) electrons. The van der Waals surface area contributed by atoms with Crippen molar-refractivity contribution in [3.05, 3.63) is 29.8 Å². The Morgan fingerprint density at radius 3 is 2.33 bits per heavy atom. The summed E-state index contributed by atoms with van der Waals surface area (Å²) in [6.07, 6.45) is 0.300. The molecule has 0 aliphatic heterocycles. The number of anilines is 1. The van der Waals surface area contributed by atoms with Gasteiger partial charge in [-0.1, -0.05) is 0 Å². The molecule has 3 N–H and O–H groups in total. The van der Waals surface area contributed by atoms with Crippen LogP contribution in [0.15, 0.2) is 24.3 Å². The lowest BCUT2D eigenvalue weighted by molar-refractivity contribution is -0.117. The molecule has 0 saturated carbocycles. The van der Waals surface area contributed by atoms with Crippen LogP contribution in [0.25, 0.3) is 0 Å². The predicted molar refractivity (Wildman–Crippen MR) is 58.7 cm³/mol. The summed E-state index contributed by atoms with van der Waals surface area (Å²) in [7, 11) is 0. The van der Waals surface area contributed by atoms with Gasteiger partial charge in [-0.05, 0) is 31.2 Å². The van der Waals surface area contributed by atoms with E-state index in [9.17, 15) is 9.59 Å². The molecule has 0 aromatic heterocycles. The van der Waals surface area contributed by atoms with Crippen molar-refractivity contribution < 1.29 is 9.59 Å². The number of hydrogen-bond acceptors (Lipinski definition) is 3. The van der Waals surface area contributed by atoms with Crippen LogP contribution in [0.2, 0.25) is 0 Å². The van der Waals surface area contributed by atoms with Gasteiger partial charge in [-0.3, -0.25) is 9.59 Å². The van der Waals surface area contributed by atoms with Gasteiger partial charge in [0.05, 0.1) is 0 Å². The normalized spacial score (nSPS) is 9.67. The smallest absolute Gasteiger partial charge is 0.219 e. The second-order valence-electron chi connectivity index (χ2n) is 3.28. The molecule has 0 aliphatic carbocycles. The molecule has 0 atom stereocenters. The SMILES string of the molecule is CC(=O)c1ccc(NCCC(N)=O)cc1. The molecular formula is C11H14N2O2. The van der Waals surface area contributed by atoms with Crippen LogP contribution in [0.1, 0.15) is 23.7 Å². The second kappa shape index (κ2) is 5.14. The van der Waals surface area contributed by atoms with Crippen molar-refractivity contribution in [2.24, 2.45) is 5.73 Å². The summed E-state index contributed by atoms with van der Waals surface area (Å²) in [5.74, 6) is -0.290. The van der Waals surface area contributed by atoms with Crippen molar-refractivity contribution in [2.45, 2.75) is 13.3 Å². The highest BCUT2D eigenvalue weighted by atomic mass is 16.1. The highest BCUT2D eigenvalue weighted by Crippen LogP contribution is 2.09. The minimum atomic E-state index is -0.331. The maximum Gasteiger partial charge on any atom is 0.219 e. The van der Waals surface area contributed by atoms with E-state index in [0.29, 0.717) is 18.5 Å². The van der Waals surface area contributed by atoms with E-state index < -0.39 is 0 Å². The first kappa shape index (κ1) is 11.2. The van der Waals surface area contributed by atoms with Gasteiger partial charge in [0, 0.05) is 24.2 Å². The second-order valence-corrected chi connectivity index (χ2v) is 3.28. The molecular weight excluding hydrogens is 192 g/mol. The number of hydrogen-bond donors (Lipinski definition) is 2. The van der Waals surface area contributed by atoms with E-state index in [1.54, 1.807) is 24.3 Å². The van der Waals surface area contributed by atoms with Crippen molar-refractivity contribution in [1.82, 2.24) is 0 Å². The first-order chi connectivity index (χ1) is 7.09. The number of primary amides is 1. The zero-order valence-corrected chi connectivity index (χ0v) is 8.62. The van der Waals surface area contributed by atoms with Gasteiger partial charge < -0.3 is 11.1 Å². The summed E-state index contributed by atoms with van der Waals surface area (Å²) >= 11 is 0. The molecule has 0 spiro atoms. The summed E-state index contributed by atoms with van der Waals surface area (Å²) in [6.45, 7) is 2.03. The molecule has 15 heavy (non-hydrogen) atoms. The summed E-state index contributed by atoms with van der Waals surface area (Å²) in [5.41, 5.74) is 6.55. The lowest BCUT2D eigenvalue weighted by Crippen LogP contribution is -2.15. The highest BCUT2D eigenvalue weighted by Gasteiger charge is 1.99. The Morgan fingerprint density at radius 1 is 1.27 bits per heavy atom. The maximum absolute atomic E-state index is 11.0. The molecule has 0 aliphatic rings. The van der Waals surface area contributed by atoms with Crippen molar-refractivity contribution in [3.63, 3.8) is 0 Å². The molecule has 4 nitrogen and oxygen atoms in total. The Labute approximate surface area is 88.5 Å². The topological polar surface area (TPSA) is 72.2 Å². The minimum Gasteiger partial charge on any atom is -0.385 e. The molecule has 0 heterocycles. The van der Waals surface area contributed by atoms with Gasteiger partial charge in [0.15, 0.2) is 5.78 Å². The third-order valence-corrected chi connectivity index (χ3v) is 1.99. The number of amides is 1. The largest absolute Gasteiger partial charge is 0.385 e. The van der Waals surface area contributed by atoms with Crippen LogP contribution in [0.5, 0.6) is 0 Å². The van der Waals surface area contributed by atoms with Gasteiger partial charge >= 0.3 is 0 Å². The van der Waals surface area contributed by atoms with Crippen LogP contribution >= 0.6 is 0 Å². The number of ketones is 1. The van der Waals surface area contributed by atoms with Crippen LogP contribution in [-0.4, -0.2) is 18.2 Å². The average Bonchev–Trinajstić information content (AvgIpc) is 2.18. The molecule has 4 heteroatoms. The minimum absolute atomic E-state index is 0.0404. The van der Waals surface area contributed by atoms with E-state index in [-0.39, 0.29) is 11.7 Å². The molecule has 1 rings (SSSR count). The number of nitrogens with one attached hydrogen (secondary N) is 1. The van der Waals surface area contributed by atoms with Crippen LogP contribution < -0.4 is 11.1 Å². The zero-order chi connectivity index (χ0) is 11.3. The Balaban J connectivity index is 2.50. The van der Waals surface area contributed by atoms with Crippen LogP contribution in [-0.2, 0) is 4.79 Å². The Hall–Kier alpha value is -1.84. The summed E-state index contributed by atoms with van der Waals surface area (Å²) in [4.78, 5) is 21.4. The van der Waals surface area contributed by atoms with Crippen LogP contribution in [0.4, 0.5) is 5.69 Å². The number of rotatable bonds is 5. The van der Waals surface area contributed by atoms with E-state index >= 15 is 0 Å². The molecule has 1 aromatic rings. The van der Waals surface area contributed by atoms with E-state index in [2.05, 4.69) is 5.32 Å². The fourth-order valence-electron chi connectivity index (χ4n) is 1.15. The zero-order valence-electron chi connectivity index (χ0n) is 8.62. The number of carbonyl (C=O) groups excluding carboxylic acids is 2. The number of benzene rings is 1. The molecule has 0 bridgehead atoms. The average molecular weight is 206 g/mol. The first-order valence-electron chi connectivity index (χ1n) is 4.73. The first-order valence-corrected chi connectivity index (χ1v) is 4.73. The Bertz CT molecular complexity index is 357. The van der Waals surface area contributed by atoms with Crippen molar-refractivity contribution in [2.75, 3.05) is 11.9 Å². The fourth-order valence-corrected chi connectivity index (χ4v) is 1.15. The van der Waals surface area contributed by atoms with E-state index in [1.165, 1.54) is 6.92 Å². The van der Waals surface area contributed by atoms with Gasteiger partial charge in [-0.15, -0.1) is 0 Å². The summed E-state index contributed by atoms with van der Waals surface area (Å²) < 4.78 is 0. The number of carbonyl (C=O) groups is 2. The maximum atomic E-state index is 11.0. The lowest BCUT2D eigenvalue weighted by Gasteiger charge is -2.04. The summed E-state index contributed by atoms with van der Waals surface area (Å²) in [6, 6.07) is 7.10. The number of Topliss-reactive ketones (excluding diaryl/α,β-unsaturated/α-hetero) is 1. The molecule has 0 saturated heterocycles. The van der Waals surface area contributed by atoms with Gasteiger partial charge in [-0.25, -0.2) is 0 Å². The molecule has 80 valence electrons. The molecule has 0 fully saturated rings. The molecule has 1 amide bonds. The third-order valence-electron chi connectivity index (χ3n) is 1.99. The molecule has 1 aromatic carbocycles. The predicted octanol–water partition coefficient (Wildman–Crippen LogP) is 1.18. The Morgan fingerprint density at radius 2 is 1.87 bits per heavy atom. The van der Waals surface area contributed by atoms with Crippen LogP contribution in [0, 0.1) is 0 Å². The monoisotopic (exact) mass is 206 g/mol. The number of nitrogens with two attached hydrogens (primary N) is 1. The van der Waals surface area contributed by atoms with E-state index in [4.69, 9.17) is 5.73 Å². The van der Waals surface area contributed by atoms with Gasteiger partial charge in [-0.2, -0.15) is 0 Å². The standard InChI is InChI=1S/C11H14N2O2/c1-8(14)9-2-4-10(5-3-9)13-7-6-11(12)15/h2-5,13H,6-7H2,1H3,(H2,12,15). The van der Waals surface area contributed by atoms with Crippen LogP contribution in [0.3, 0.4) is 0 Å². The summed E-state index contributed by atoms with van der Waals surface area (Å²) in [5, 5.41) is 3.03. The third kappa shape index (κ3) is 3.81. The Kier molecular flexibility index (Phi) is 3.85. The lowest BCUT2D eigenvalue weighted by atomic mass is 10.1. The molecule has 0 unspecified atom stereocenters. The van der Waals surface area contributed by atoms with Crippen molar-refractivity contribution in [1.29, 1.82) is 0 Å². The van der Waals surface area contributed by atoms with Gasteiger partial charge in [0.1, 0.15) is 0 Å². The van der Waals surface area contributed by atoms with Crippen molar-refractivity contribution in [3.8, 4) is 0 Å². The van der Waals surface area contributed by atoms with E-state index in [0.717, 1.165) is 5.69 Å². The quantitative estimate of drug-likeness (QED) is 0.710. The van der Waals surface area contributed by atoms with Gasteiger partial charge in [0.25, 0.3) is 0 Å². The fraction of sp³-hybridized carbons (Fsp3) is 0.273. The van der Waals surface area contributed by atoms with E-state index in [1.807, 2.05) is 0 Å². The highest BCUT2D eigenvalue weighted by molar-refractivity contribution is 5.94.